The second kappa shape index (κ2) is 4.93. The molecule has 0 aromatic carbocycles. The van der Waals surface area contributed by atoms with E-state index in [2.05, 4.69) is 33.1 Å². The topological polar surface area (TPSA) is 38.9 Å². The summed E-state index contributed by atoms with van der Waals surface area (Å²) >= 11 is 1.78. The molecule has 1 heterocycles. The van der Waals surface area contributed by atoms with E-state index < -0.39 is 0 Å². The molecule has 0 aliphatic heterocycles. The first kappa shape index (κ1) is 14.0. The minimum Gasteiger partial charge on any atom is -0.325 e. The molecule has 0 atom stereocenters. The lowest BCUT2D eigenvalue weighted by molar-refractivity contribution is 0.243. The molecule has 1 aliphatic carbocycles. The summed E-state index contributed by atoms with van der Waals surface area (Å²) < 4.78 is 0. The number of rotatable bonds is 2. The predicted octanol–water partition coefficient (Wildman–Crippen LogP) is 3.89. The predicted molar refractivity (Wildman–Crippen MR) is 79.1 cm³/mol. The van der Waals surface area contributed by atoms with Crippen molar-refractivity contribution < 1.29 is 0 Å². The van der Waals surface area contributed by atoms with Crippen LogP contribution in [-0.4, -0.2) is 10.5 Å². The molecule has 2 nitrogen and oxygen atoms in total. The zero-order valence-electron chi connectivity index (χ0n) is 12.1. The summed E-state index contributed by atoms with van der Waals surface area (Å²) in [6.45, 7) is 8.98. The van der Waals surface area contributed by atoms with Crippen LogP contribution in [-0.2, 0) is 11.8 Å². The summed E-state index contributed by atoms with van der Waals surface area (Å²) in [5, 5.41) is 3.42. The summed E-state index contributed by atoms with van der Waals surface area (Å²) in [6, 6.07) is 0. The molecule has 0 unspecified atom stereocenters. The van der Waals surface area contributed by atoms with Crippen molar-refractivity contribution in [1.29, 1.82) is 0 Å². The molecule has 2 N–H and O–H groups in total. The summed E-state index contributed by atoms with van der Waals surface area (Å²) in [5.74, 6) is 0.850. The van der Waals surface area contributed by atoms with Gasteiger partial charge in [0, 0.05) is 22.8 Å². The van der Waals surface area contributed by atoms with Crippen molar-refractivity contribution in [3.8, 4) is 0 Å². The minimum absolute atomic E-state index is 0.000479. The first-order valence-electron chi connectivity index (χ1n) is 7.02. The smallest absolute Gasteiger partial charge is 0.0946 e. The number of thiazole rings is 1. The van der Waals surface area contributed by atoms with Gasteiger partial charge in [-0.25, -0.2) is 4.98 Å². The van der Waals surface area contributed by atoms with Crippen molar-refractivity contribution >= 4 is 11.3 Å². The lowest BCUT2D eigenvalue weighted by Crippen LogP contribution is -2.45. The largest absolute Gasteiger partial charge is 0.325 e. The van der Waals surface area contributed by atoms with E-state index in [0.29, 0.717) is 0 Å². The lowest BCUT2D eigenvalue weighted by atomic mass is 9.76. The number of nitrogens with zero attached hydrogens (tertiary/aromatic N) is 1. The van der Waals surface area contributed by atoms with Gasteiger partial charge in [0.1, 0.15) is 0 Å². The van der Waals surface area contributed by atoms with Crippen LogP contribution in [0.5, 0.6) is 0 Å². The SMILES string of the molecule is CC1CCC(N)(Cc2nc(C(C)(C)C)cs2)CC1. The van der Waals surface area contributed by atoms with Crippen LogP contribution in [0.3, 0.4) is 0 Å². The molecule has 102 valence electrons. The maximum absolute atomic E-state index is 6.54. The molecule has 0 radical (unpaired) electrons. The molecule has 2 rings (SSSR count). The van der Waals surface area contributed by atoms with Gasteiger partial charge < -0.3 is 5.73 Å². The van der Waals surface area contributed by atoms with Gasteiger partial charge >= 0.3 is 0 Å². The van der Waals surface area contributed by atoms with Crippen molar-refractivity contribution in [3.63, 3.8) is 0 Å². The van der Waals surface area contributed by atoms with E-state index in [1.165, 1.54) is 23.5 Å². The minimum atomic E-state index is -0.000479. The first-order chi connectivity index (χ1) is 8.28. The van der Waals surface area contributed by atoms with Crippen molar-refractivity contribution in [3.05, 3.63) is 16.1 Å². The molecular weight excluding hydrogens is 240 g/mol. The average molecular weight is 266 g/mol. The number of hydrogen-bond acceptors (Lipinski definition) is 3. The van der Waals surface area contributed by atoms with Gasteiger partial charge in [0.15, 0.2) is 0 Å². The molecule has 18 heavy (non-hydrogen) atoms. The number of aromatic nitrogens is 1. The van der Waals surface area contributed by atoms with E-state index in [1.807, 2.05) is 0 Å². The maximum Gasteiger partial charge on any atom is 0.0946 e. The van der Waals surface area contributed by atoms with Gasteiger partial charge in [0.25, 0.3) is 0 Å². The van der Waals surface area contributed by atoms with Crippen LogP contribution in [0.1, 0.15) is 64.1 Å². The Morgan fingerprint density at radius 2 is 2.00 bits per heavy atom. The zero-order chi connectivity index (χ0) is 13.4. The highest BCUT2D eigenvalue weighted by molar-refractivity contribution is 7.09. The Bertz CT molecular complexity index is 395. The van der Waals surface area contributed by atoms with Gasteiger partial charge in [0.05, 0.1) is 10.7 Å². The molecule has 1 aliphatic rings. The fourth-order valence-corrected chi connectivity index (χ4v) is 3.73. The molecule has 1 fully saturated rings. The molecule has 3 heteroatoms. The van der Waals surface area contributed by atoms with E-state index in [1.54, 1.807) is 11.3 Å². The average Bonchev–Trinajstić information content (AvgIpc) is 2.71. The summed E-state index contributed by atoms with van der Waals surface area (Å²) in [6.07, 6.45) is 5.81. The van der Waals surface area contributed by atoms with Crippen molar-refractivity contribution in [2.24, 2.45) is 11.7 Å². The lowest BCUT2D eigenvalue weighted by Gasteiger charge is -2.35. The molecule has 1 aromatic heterocycles. The monoisotopic (exact) mass is 266 g/mol. The van der Waals surface area contributed by atoms with Gasteiger partial charge in [0.2, 0.25) is 0 Å². The second-order valence-corrected chi connectivity index (χ2v) is 8.04. The Morgan fingerprint density at radius 1 is 1.39 bits per heavy atom. The third kappa shape index (κ3) is 3.33. The molecule has 0 spiro atoms. The third-order valence-corrected chi connectivity index (χ3v) is 4.94. The van der Waals surface area contributed by atoms with E-state index in [-0.39, 0.29) is 11.0 Å². The van der Waals surface area contributed by atoms with Gasteiger partial charge in [-0.1, -0.05) is 27.7 Å². The molecule has 0 bridgehead atoms. The van der Waals surface area contributed by atoms with Crippen molar-refractivity contribution in [1.82, 2.24) is 4.98 Å². The number of hydrogen-bond donors (Lipinski definition) is 1. The Balaban J connectivity index is 2.03. The Morgan fingerprint density at radius 3 is 2.50 bits per heavy atom. The molecule has 1 aromatic rings. The highest BCUT2D eigenvalue weighted by Crippen LogP contribution is 2.34. The van der Waals surface area contributed by atoms with Crippen LogP contribution in [0.2, 0.25) is 0 Å². The van der Waals surface area contributed by atoms with Gasteiger partial charge in [-0.2, -0.15) is 0 Å². The van der Waals surface area contributed by atoms with E-state index in [9.17, 15) is 0 Å². The summed E-state index contributed by atoms with van der Waals surface area (Å²) in [4.78, 5) is 4.78. The molecular formula is C15H26N2S. The van der Waals surface area contributed by atoms with Crippen LogP contribution in [0.25, 0.3) is 0 Å². The van der Waals surface area contributed by atoms with Crippen LogP contribution in [0.15, 0.2) is 5.38 Å². The van der Waals surface area contributed by atoms with E-state index in [4.69, 9.17) is 10.7 Å². The number of nitrogens with two attached hydrogens (primary N) is 1. The Hall–Kier alpha value is -0.410. The molecule has 0 saturated heterocycles. The van der Waals surface area contributed by atoms with Gasteiger partial charge in [-0.15, -0.1) is 11.3 Å². The van der Waals surface area contributed by atoms with Crippen LogP contribution < -0.4 is 5.73 Å². The van der Waals surface area contributed by atoms with Crippen molar-refractivity contribution in [2.45, 2.75) is 70.8 Å². The highest BCUT2D eigenvalue weighted by Gasteiger charge is 2.31. The summed E-state index contributed by atoms with van der Waals surface area (Å²) in [5.41, 5.74) is 7.89. The maximum atomic E-state index is 6.54. The summed E-state index contributed by atoms with van der Waals surface area (Å²) in [7, 11) is 0. The van der Waals surface area contributed by atoms with Gasteiger partial charge in [-0.05, 0) is 31.6 Å². The zero-order valence-corrected chi connectivity index (χ0v) is 12.9. The van der Waals surface area contributed by atoms with Crippen LogP contribution in [0.4, 0.5) is 0 Å². The highest BCUT2D eigenvalue weighted by atomic mass is 32.1. The molecule has 1 saturated carbocycles. The first-order valence-corrected chi connectivity index (χ1v) is 7.90. The Labute approximate surface area is 115 Å². The second-order valence-electron chi connectivity index (χ2n) is 7.10. The quantitative estimate of drug-likeness (QED) is 0.882. The normalized spacial score (nSPS) is 29.5. The molecule has 0 amide bonds. The fraction of sp³-hybridized carbons (Fsp3) is 0.800. The van der Waals surface area contributed by atoms with Crippen LogP contribution >= 0.6 is 11.3 Å². The fourth-order valence-electron chi connectivity index (χ4n) is 2.55. The Kier molecular flexibility index (Phi) is 3.84. The van der Waals surface area contributed by atoms with Crippen LogP contribution in [0, 0.1) is 5.92 Å². The third-order valence-electron chi connectivity index (χ3n) is 4.09. The van der Waals surface area contributed by atoms with E-state index >= 15 is 0 Å². The van der Waals surface area contributed by atoms with Crippen molar-refractivity contribution in [2.75, 3.05) is 0 Å². The standard InChI is InChI=1S/C15H26N2S/c1-11-5-7-15(16,8-6-11)9-13-17-12(10-18-13)14(2,3)4/h10-11H,5-9,16H2,1-4H3. The van der Waals surface area contributed by atoms with E-state index in [0.717, 1.165) is 25.2 Å². The van der Waals surface area contributed by atoms with Gasteiger partial charge in [-0.3, -0.25) is 0 Å².